The number of rotatable bonds is 10. The van der Waals surface area contributed by atoms with E-state index in [1.165, 1.54) is 10.4 Å². The van der Waals surface area contributed by atoms with Crippen molar-refractivity contribution in [2.45, 2.75) is 33.0 Å². The van der Waals surface area contributed by atoms with Gasteiger partial charge in [0.25, 0.3) is 0 Å². The highest BCUT2D eigenvalue weighted by Crippen LogP contribution is 2.34. The minimum atomic E-state index is -0.951. The van der Waals surface area contributed by atoms with Crippen molar-refractivity contribution in [1.82, 2.24) is 0 Å². The number of ether oxygens (including phenoxy) is 3. The number of carboxylic acid groups (broad SMARTS) is 1. The van der Waals surface area contributed by atoms with Crippen LogP contribution in [0.3, 0.4) is 0 Å². The number of thiophene rings is 1. The summed E-state index contributed by atoms with van der Waals surface area (Å²) < 4.78 is 17.2. The lowest BCUT2D eigenvalue weighted by Crippen LogP contribution is -2.26. The first-order valence-electron chi connectivity index (χ1n) is 12.6. The van der Waals surface area contributed by atoms with Gasteiger partial charge in [-0.2, -0.15) is 0 Å². The molecule has 0 spiro atoms. The maximum absolute atomic E-state index is 11.3. The molecule has 2 heterocycles. The Hall–Kier alpha value is -3.94. The molecule has 0 amide bonds. The monoisotopic (exact) mass is 527 g/mol. The molecular weight excluding hydrogens is 498 g/mol. The molecule has 1 aliphatic rings. The molecule has 4 aromatic rings. The van der Waals surface area contributed by atoms with Crippen LogP contribution in [-0.2, 0) is 22.6 Å². The summed E-state index contributed by atoms with van der Waals surface area (Å²) in [5.41, 5.74) is 6.08. The highest BCUT2D eigenvalue weighted by molar-refractivity contribution is 7.15. The Bertz CT molecular complexity index is 1440. The average molecular weight is 528 g/mol. The van der Waals surface area contributed by atoms with Crippen molar-refractivity contribution < 1.29 is 24.1 Å². The number of aliphatic carboxylic acids is 1. The Labute approximate surface area is 226 Å². The lowest BCUT2D eigenvalue weighted by Gasteiger charge is -2.17. The molecule has 194 valence electrons. The van der Waals surface area contributed by atoms with Crippen molar-refractivity contribution in [3.8, 4) is 21.9 Å². The number of para-hydroxylation sites is 2. The van der Waals surface area contributed by atoms with Crippen molar-refractivity contribution in [1.29, 1.82) is 0 Å². The smallest absolute Gasteiger partial charge is 0.333 e. The number of carboxylic acids is 1. The SMILES string of the molecule is CCOC(Cc1ccc(OCc2sc(-c3ccc(C4=Nc5ccccc5OC4)cc3)cc2C)cc1)C(=O)O. The Kier molecular flexibility index (Phi) is 7.86. The van der Waals surface area contributed by atoms with E-state index in [0.717, 1.165) is 44.5 Å². The van der Waals surface area contributed by atoms with Crippen LogP contribution in [0, 0.1) is 6.92 Å². The van der Waals surface area contributed by atoms with Crippen molar-refractivity contribution in [3.63, 3.8) is 0 Å². The molecule has 0 saturated heterocycles. The van der Waals surface area contributed by atoms with Crippen molar-refractivity contribution in [3.05, 3.63) is 100 Å². The Morgan fingerprint density at radius 3 is 2.53 bits per heavy atom. The molecule has 1 atom stereocenters. The van der Waals surface area contributed by atoms with Gasteiger partial charge in [-0.15, -0.1) is 11.3 Å². The average Bonchev–Trinajstić information content (AvgIpc) is 3.32. The molecule has 1 aliphatic heterocycles. The topological polar surface area (TPSA) is 77.3 Å². The summed E-state index contributed by atoms with van der Waals surface area (Å²) in [6.07, 6.45) is -0.516. The Balaban J connectivity index is 1.22. The first-order valence-corrected chi connectivity index (χ1v) is 13.4. The van der Waals surface area contributed by atoms with E-state index in [4.69, 9.17) is 19.2 Å². The number of hydrogen-bond acceptors (Lipinski definition) is 6. The molecule has 0 saturated carbocycles. The number of fused-ring (bicyclic) bond motifs is 1. The molecule has 1 unspecified atom stereocenters. The van der Waals surface area contributed by atoms with Crippen LogP contribution in [0.1, 0.15) is 28.5 Å². The van der Waals surface area contributed by atoms with Gasteiger partial charge in [0.1, 0.15) is 30.4 Å². The highest BCUT2D eigenvalue weighted by Gasteiger charge is 2.18. The molecule has 1 N–H and O–H groups in total. The first-order chi connectivity index (χ1) is 18.5. The van der Waals surface area contributed by atoms with Crippen LogP contribution in [0.25, 0.3) is 10.4 Å². The summed E-state index contributed by atoms with van der Waals surface area (Å²) in [6.45, 7) is 5.19. The zero-order valence-corrected chi connectivity index (χ0v) is 22.2. The fraction of sp³-hybridized carbons (Fsp3) is 0.226. The fourth-order valence-corrected chi connectivity index (χ4v) is 5.37. The van der Waals surface area contributed by atoms with E-state index in [-0.39, 0.29) is 0 Å². The first kappa shape index (κ1) is 25.7. The zero-order chi connectivity index (χ0) is 26.5. The van der Waals surface area contributed by atoms with E-state index in [0.29, 0.717) is 26.2 Å². The quantitative estimate of drug-likeness (QED) is 0.244. The van der Waals surface area contributed by atoms with E-state index < -0.39 is 12.1 Å². The molecule has 6 nitrogen and oxygen atoms in total. The van der Waals surface area contributed by atoms with Gasteiger partial charge in [-0.25, -0.2) is 9.79 Å². The van der Waals surface area contributed by atoms with Gasteiger partial charge in [0.05, 0.1) is 5.71 Å². The van der Waals surface area contributed by atoms with Crippen LogP contribution < -0.4 is 9.47 Å². The summed E-state index contributed by atoms with van der Waals surface area (Å²) in [5.74, 6) is 0.613. The van der Waals surface area contributed by atoms with Gasteiger partial charge in [0.15, 0.2) is 6.10 Å². The standard InChI is InChI=1S/C31H29NO5S/c1-3-35-28(31(33)34)17-21-8-14-24(15-9-21)36-19-30-20(2)16-29(38-30)23-12-10-22(11-13-23)26-18-37-27-7-5-4-6-25(27)32-26/h4-16,28H,3,17-19H2,1-2H3,(H,33,34). The van der Waals surface area contributed by atoms with Gasteiger partial charge in [-0.3, -0.25) is 0 Å². The normalized spacial score (nSPS) is 13.3. The van der Waals surface area contributed by atoms with Gasteiger partial charge < -0.3 is 19.3 Å². The summed E-state index contributed by atoms with van der Waals surface area (Å²) in [7, 11) is 0. The lowest BCUT2D eigenvalue weighted by atomic mass is 10.1. The zero-order valence-electron chi connectivity index (χ0n) is 21.3. The van der Waals surface area contributed by atoms with E-state index in [1.807, 2.05) is 48.5 Å². The minimum absolute atomic E-state index is 0.323. The summed E-state index contributed by atoms with van der Waals surface area (Å²) in [6, 6.07) is 26.0. The second-order valence-corrected chi connectivity index (χ2v) is 10.2. The Morgan fingerprint density at radius 1 is 1.05 bits per heavy atom. The second-order valence-electron chi connectivity index (χ2n) is 9.03. The van der Waals surface area contributed by atoms with Crippen LogP contribution in [0.2, 0.25) is 0 Å². The Morgan fingerprint density at radius 2 is 1.79 bits per heavy atom. The molecule has 1 aromatic heterocycles. The summed E-state index contributed by atoms with van der Waals surface area (Å²) in [4.78, 5) is 18.4. The third kappa shape index (κ3) is 5.96. The van der Waals surface area contributed by atoms with Crippen LogP contribution in [0.5, 0.6) is 11.5 Å². The number of nitrogens with zero attached hydrogens (tertiary/aromatic N) is 1. The van der Waals surface area contributed by atoms with Gasteiger partial charge in [0.2, 0.25) is 0 Å². The summed E-state index contributed by atoms with van der Waals surface area (Å²) in [5, 5.41) is 9.29. The van der Waals surface area contributed by atoms with E-state index in [1.54, 1.807) is 18.3 Å². The van der Waals surface area contributed by atoms with Crippen LogP contribution in [-0.4, -0.2) is 36.1 Å². The maximum atomic E-state index is 11.3. The predicted molar refractivity (Wildman–Crippen MR) is 150 cm³/mol. The molecule has 5 rings (SSSR count). The number of aryl methyl sites for hydroxylation is 1. The van der Waals surface area contributed by atoms with Gasteiger partial charge >= 0.3 is 5.97 Å². The lowest BCUT2D eigenvalue weighted by molar-refractivity contribution is -0.149. The fourth-order valence-electron chi connectivity index (χ4n) is 4.28. The van der Waals surface area contributed by atoms with Crippen LogP contribution in [0.4, 0.5) is 5.69 Å². The number of carbonyl (C=O) groups is 1. The molecule has 0 fully saturated rings. The van der Waals surface area contributed by atoms with E-state index in [9.17, 15) is 9.90 Å². The van der Waals surface area contributed by atoms with E-state index in [2.05, 4.69) is 37.3 Å². The largest absolute Gasteiger partial charge is 0.488 e. The number of benzene rings is 3. The molecule has 38 heavy (non-hydrogen) atoms. The second kappa shape index (κ2) is 11.6. The van der Waals surface area contributed by atoms with Crippen LogP contribution in [0.15, 0.2) is 83.9 Å². The maximum Gasteiger partial charge on any atom is 0.333 e. The van der Waals surface area contributed by atoms with Crippen molar-refractivity contribution in [2.24, 2.45) is 4.99 Å². The molecule has 0 bridgehead atoms. The summed E-state index contributed by atoms with van der Waals surface area (Å²) >= 11 is 1.72. The molecule has 7 heteroatoms. The van der Waals surface area contributed by atoms with Gasteiger partial charge in [-0.1, -0.05) is 48.5 Å². The molecule has 3 aromatic carbocycles. The minimum Gasteiger partial charge on any atom is -0.488 e. The van der Waals surface area contributed by atoms with Gasteiger partial charge in [0, 0.05) is 22.8 Å². The van der Waals surface area contributed by atoms with Gasteiger partial charge in [-0.05, 0) is 66.4 Å². The highest BCUT2D eigenvalue weighted by atomic mass is 32.1. The third-order valence-electron chi connectivity index (χ3n) is 6.37. The third-order valence-corrected chi connectivity index (χ3v) is 7.63. The van der Waals surface area contributed by atoms with Crippen LogP contribution >= 0.6 is 11.3 Å². The predicted octanol–water partition coefficient (Wildman–Crippen LogP) is 6.85. The molecular formula is C31H29NO5S. The molecule has 0 radical (unpaired) electrons. The molecule has 0 aliphatic carbocycles. The number of hydrogen-bond donors (Lipinski definition) is 1. The van der Waals surface area contributed by atoms with Crippen molar-refractivity contribution >= 4 is 28.7 Å². The van der Waals surface area contributed by atoms with Crippen molar-refractivity contribution in [2.75, 3.05) is 13.2 Å². The number of aliphatic imine (C=N–C) groups is 1. The van der Waals surface area contributed by atoms with E-state index >= 15 is 0 Å².